The molecule has 3 aromatic heterocycles. The smallest absolute Gasteiger partial charge is 0.302 e. The van der Waals surface area contributed by atoms with Crippen LogP contribution in [0.4, 0.5) is 0 Å². The summed E-state index contributed by atoms with van der Waals surface area (Å²) >= 11 is 0. The van der Waals surface area contributed by atoms with E-state index in [1.165, 1.54) is 22.1 Å². The second-order valence-corrected chi connectivity index (χ2v) is 10.1. The summed E-state index contributed by atoms with van der Waals surface area (Å²) in [7, 11) is 4.13. The minimum atomic E-state index is -1.41. The van der Waals surface area contributed by atoms with Gasteiger partial charge in [-0.05, 0) is 25.6 Å². The van der Waals surface area contributed by atoms with Crippen LogP contribution < -0.4 is 10.9 Å². The van der Waals surface area contributed by atoms with Crippen molar-refractivity contribution >= 4 is 17.3 Å². The Balaban J connectivity index is 0.000000238. The van der Waals surface area contributed by atoms with E-state index >= 15 is 0 Å². The van der Waals surface area contributed by atoms with Gasteiger partial charge >= 0.3 is 6.42 Å². The van der Waals surface area contributed by atoms with E-state index in [1.54, 1.807) is 6.20 Å². The molecule has 6 rings (SSSR count). The van der Waals surface area contributed by atoms with Gasteiger partial charge in [-0.25, -0.2) is 9.13 Å². The van der Waals surface area contributed by atoms with Crippen molar-refractivity contribution in [2.45, 2.75) is 13.8 Å². The van der Waals surface area contributed by atoms with Crippen LogP contribution in [0.2, 0.25) is 0 Å². The first-order valence-corrected chi connectivity index (χ1v) is 13.2. The maximum absolute atomic E-state index is 4.22. The number of hydrogen-bond acceptors (Lipinski definition) is 1. The molecule has 0 amide bonds. The van der Waals surface area contributed by atoms with Crippen molar-refractivity contribution in [1.82, 2.24) is 23.1 Å². The molecule has 0 aliphatic carbocycles. The van der Waals surface area contributed by atoms with Gasteiger partial charge in [0.15, 0.2) is 12.4 Å². The molecule has 0 saturated carbocycles. The van der Waals surface area contributed by atoms with Crippen LogP contribution in [0.15, 0.2) is 135 Å². The first-order chi connectivity index (χ1) is 19.0. The van der Waals surface area contributed by atoms with Gasteiger partial charge in [-0.15, -0.1) is 35.9 Å². The molecule has 6 aromatic rings. The third kappa shape index (κ3) is 6.08. The molecule has 0 saturated heterocycles. The Bertz CT molecular complexity index is 1500. The summed E-state index contributed by atoms with van der Waals surface area (Å²) < 4.78 is 8.88. The normalized spacial score (nSPS) is 10.8. The summed E-state index contributed by atoms with van der Waals surface area (Å²) in [6, 6.07) is 34.7. The van der Waals surface area contributed by atoms with E-state index in [2.05, 4.69) is 143 Å². The van der Waals surface area contributed by atoms with Crippen molar-refractivity contribution < 1.29 is 21.1 Å². The fourth-order valence-electron chi connectivity index (χ4n) is 5.16. The molecule has 0 N–H and O–H groups in total. The molecule has 0 unspecified atom stereocenters. The Morgan fingerprint density at radius 2 is 1.18 bits per heavy atom. The van der Waals surface area contributed by atoms with E-state index in [1.807, 2.05) is 42.5 Å². The summed E-state index contributed by atoms with van der Waals surface area (Å²) in [6.45, 7) is 4.27. The maximum Gasteiger partial charge on any atom is 0.302 e. The Morgan fingerprint density at radius 1 is 0.650 bits per heavy atom. The van der Waals surface area contributed by atoms with E-state index in [-0.39, 0.29) is 21.1 Å². The second-order valence-electron chi connectivity index (χ2n) is 10.1. The Labute approximate surface area is 251 Å². The van der Waals surface area contributed by atoms with E-state index in [0.29, 0.717) is 0 Å². The van der Waals surface area contributed by atoms with Crippen molar-refractivity contribution in [2.75, 3.05) is 0 Å². The van der Waals surface area contributed by atoms with Crippen molar-refractivity contribution in [3.63, 3.8) is 0 Å². The molecule has 7 heteroatoms. The molecule has 204 valence electrons. The third-order valence-corrected chi connectivity index (χ3v) is 7.18. The molecular formula is C33H34BN5Pt. The molecule has 0 aliphatic heterocycles. The van der Waals surface area contributed by atoms with Crippen molar-refractivity contribution in [2.24, 2.45) is 14.1 Å². The fraction of sp³-hybridized carbons (Fsp3) is 0.121. The third-order valence-electron chi connectivity index (χ3n) is 7.18. The molecule has 0 atom stereocenters. The van der Waals surface area contributed by atoms with Crippen molar-refractivity contribution in [3.8, 4) is 11.3 Å². The van der Waals surface area contributed by atoms with Gasteiger partial charge in [-0.1, -0.05) is 71.8 Å². The van der Waals surface area contributed by atoms with Crippen LogP contribution in [-0.4, -0.2) is 29.5 Å². The van der Waals surface area contributed by atoms with Crippen LogP contribution in [0.25, 0.3) is 11.3 Å². The maximum atomic E-state index is 4.22. The number of hydrogen-bond donors (Lipinski definition) is 0. The SMILES string of the molecule is Cc1ccc([B-](c2ccc(C)cc2)(n2ccn(C)[cH+]2)n2ccn(C)[cH+]2)cc1.[Pt].[c-]1ccccc1-c1ccccn1. The van der Waals surface area contributed by atoms with E-state index < -0.39 is 6.42 Å². The van der Waals surface area contributed by atoms with Gasteiger partial charge in [-0.2, -0.15) is 10.9 Å². The predicted octanol–water partition coefficient (Wildman–Crippen LogP) is 5.34. The molecule has 0 radical (unpaired) electrons. The summed E-state index contributed by atoms with van der Waals surface area (Å²) in [6.07, 6.45) is 13.2. The molecule has 40 heavy (non-hydrogen) atoms. The topological polar surface area (TPSA) is 32.6 Å². The summed E-state index contributed by atoms with van der Waals surface area (Å²) in [5.41, 5.74) is 7.09. The zero-order valence-corrected chi connectivity index (χ0v) is 25.6. The fourth-order valence-corrected chi connectivity index (χ4v) is 5.16. The first-order valence-electron chi connectivity index (χ1n) is 13.2. The number of pyridine rings is 1. The van der Waals surface area contributed by atoms with Crippen LogP contribution >= 0.6 is 0 Å². The molecule has 0 bridgehead atoms. The second kappa shape index (κ2) is 12.9. The molecular weight excluding hydrogens is 672 g/mol. The van der Waals surface area contributed by atoms with Crippen LogP contribution in [0.1, 0.15) is 11.1 Å². The minimum Gasteiger partial charge on any atom is -0.366 e. The number of nitrogens with zero attached hydrogens (tertiary/aromatic N) is 5. The monoisotopic (exact) mass is 706 g/mol. The molecule has 0 spiro atoms. The molecule has 5 nitrogen and oxygen atoms in total. The van der Waals surface area contributed by atoms with Gasteiger partial charge in [0.1, 0.15) is 25.0 Å². The van der Waals surface area contributed by atoms with E-state index in [4.69, 9.17) is 0 Å². The predicted molar refractivity (Wildman–Crippen MR) is 162 cm³/mol. The zero-order valence-electron chi connectivity index (χ0n) is 23.3. The molecule has 0 fully saturated rings. The van der Waals surface area contributed by atoms with Crippen LogP contribution in [0, 0.1) is 19.9 Å². The average Bonchev–Trinajstić information content (AvgIpc) is 3.61. The largest absolute Gasteiger partial charge is 0.366 e. The van der Waals surface area contributed by atoms with Gasteiger partial charge in [0.05, 0.1) is 0 Å². The summed E-state index contributed by atoms with van der Waals surface area (Å²) in [4.78, 5) is 4.22. The summed E-state index contributed by atoms with van der Waals surface area (Å²) in [5, 5.41) is 0. The number of aromatic nitrogens is 5. The minimum absolute atomic E-state index is 0. The van der Waals surface area contributed by atoms with E-state index in [0.717, 1.165) is 11.3 Å². The Hall–Kier alpha value is -4.02. The number of rotatable bonds is 5. The van der Waals surface area contributed by atoms with Crippen LogP contribution in [-0.2, 0) is 35.2 Å². The van der Waals surface area contributed by atoms with Gasteiger partial charge in [0, 0.05) is 41.4 Å². The van der Waals surface area contributed by atoms with Crippen LogP contribution in [0.5, 0.6) is 0 Å². The molecule has 3 aromatic carbocycles. The number of imidazole rings is 2. The van der Waals surface area contributed by atoms with Gasteiger partial charge in [0.2, 0.25) is 0 Å². The van der Waals surface area contributed by atoms with Gasteiger partial charge < -0.3 is 13.9 Å². The zero-order chi connectivity index (χ0) is 27.2. The van der Waals surface area contributed by atoms with Gasteiger partial charge in [0.25, 0.3) is 0 Å². The van der Waals surface area contributed by atoms with E-state index in [9.17, 15) is 0 Å². The Morgan fingerprint density at radius 3 is 1.57 bits per heavy atom. The first kappa shape index (κ1) is 29.0. The van der Waals surface area contributed by atoms with Crippen molar-refractivity contribution in [3.05, 3.63) is 152 Å². The summed E-state index contributed by atoms with van der Waals surface area (Å²) in [5.74, 6) is 0. The average molecular weight is 707 g/mol. The standard InChI is InChI=1S/C22H26BN4.C11H8N.Pt/c1-19-5-9-21(10-6-19)23(26-15-13-24(3)17-26,27-16-14-25(4)18-27)22-11-7-20(2)8-12-22;1-2-6-10(7-3-1)11-8-4-5-9-12-11;/h5-18H,1-4H3;1-6,8-9H;/q+1;-1;. The van der Waals surface area contributed by atoms with Crippen LogP contribution in [0.3, 0.4) is 0 Å². The quantitative estimate of drug-likeness (QED) is 0.176. The van der Waals surface area contributed by atoms with Gasteiger partial charge in [-0.3, -0.25) is 0 Å². The molecule has 0 aliphatic rings. The number of benzene rings is 3. The molecule has 3 heterocycles. The van der Waals surface area contributed by atoms with Crippen molar-refractivity contribution in [1.29, 1.82) is 0 Å². The number of aryl methyl sites for hydroxylation is 4. The Kier molecular flexibility index (Phi) is 9.34.